The van der Waals surface area contributed by atoms with Crippen molar-refractivity contribution in [1.82, 2.24) is 14.7 Å². The smallest absolute Gasteiger partial charge is 0.347 e. The van der Waals surface area contributed by atoms with Crippen molar-refractivity contribution < 1.29 is 14.4 Å². The number of thiazole rings is 1. The molecule has 0 fully saturated rings. The van der Waals surface area contributed by atoms with Gasteiger partial charge in [0.1, 0.15) is 21.7 Å². The summed E-state index contributed by atoms with van der Waals surface area (Å²) in [6.07, 6.45) is 1.82. The molecule has 3 aromatic heterocycles. The minimum atomic E-state index is -0.981. The van der Waals surface area contributed by atoms with E-state index in [0.717, 1.165) is 44.8 Å². The van der Waals surface area contributed by atoms with E-state index in [0.29, 0.717) is 22.8 Å². The van der Waals surface area contributed by atoms with E-state index in [2.05, 4.69) is 16.2 Å². The van der Waals surface area contributed by atoms with Gasteiger partial charge in [-0.25, -0.2) is 9.78 Å². The van der Waals surface area contributed by atoms with Crippen molar-refractivity contribution in [3.63, 3.8) is 0 Å². The van der Waals surface area contributed by atoms with Crippen LogP contribution in [-0.4, -0.2) is 25.8 Å². The molecular formula is C20H16N4O3S. The molecule has 7 nitrogen and oxygen atoms in total. The fraction of sp³-hybridized carbons (Fsp3) is 0.200. The number of aromatic carboxylic acids is 1. The molecule has 0 bridgehead atoms. The van der Waals surface area contributed by atoms with Crippen molar-refractivity contribution in [2.75, 3.05) is 0 Å². The van der Waals surface area contributed by atoms with Crippen molar-refractivity contribution >= 4 is 28.2 Å². The van der Waals surface area contributed by atoms with E-state index in [9.17, 15) is 15.2 Å². The van der Waals surface area contributed by atoms with Crippen LogP contribution in [-0.2, 0) is 6.54 Å². The Balaban J connectivity index is 1.81. The highest BCUT2D eigenvalue weighted by Gasteiger charge is 2.18. The molecule has 1 N–H and O–H groups in total. The van der Waals surface area contributed by atoms with Crippen molar-refractivity contribution in [2.45, 2.75) is 27.3 Å². The molecule has 0 aliphatic heterocycles. The molecule has 3 heterocycles. The van der Waals surface area contributed by atoms with Crippen LogP contribution >= 0.6 is 11.3 Å². The van der Waals surface area contributed by atoms with E-state index < -0.39 is 5.97 Å². The lowest BCUT2D eigenvalue weighted by atomic mass is 10.1. The number of hydrogen-bond donors (Lipinski definition) is 1. The van der Waals surface area contributed by atoms with Crippen LogP contribution in [0, 0.1) is 32.1 Å². The zero-order valence-electron chi connectivity index (χ0n) is 15.5. The van der Waals surface area contributed by atoms with Gasteiger partial charge < -0.3 is 14.2 Å². The molecule has 0 aliphatic rings. The Hall–Kier alpha value is -3.44. The Morgan fingerprint density at radius 3 is 2.71 bits per heavy atom. The molecule has 8 heteroatoms. The van der Waals surface area contributed by atoms with E-state index in [1.165, 1.54) is 0 Å². The van der Waals surface area contributed by atoms with Crippen LogP contribution < -0.4 is 0 Å². The Labute approximate surface area is 164 Å². The van der Waals surface area contributed by atoms with Gasteiger partial charge in [-0.1, -0.05) is 5.16 Å². The number of aryl methyl sites for hydroxylation is 3. The number of carboxylic acids is 1. The SMILES string of the molecule is Cc1nc(-c2ccc3c(c2)c(C#N)cn3Cc2c(C)noc2C)sc1C(=O)O. The lowest BCUT2D eigenvalue weighted by Crippen LogP contribution is -2.00. The molecule has 4 aromatic rings. The Morgan fingerprint density at radius 1 is 1.32 bits per heavy atom. The molecule has 140 valence electrons. The second kappa shape index (κ2) is 6.62. The summed E-state index contributed by atoms with van der Waals surface area (Å²) in [7, 11) is 0. The number of rotatable bonds is 4. The van der Waals surface area contributed by atoms with Crippen LogP contribution in [0.4, 0.5) is 0 Å². The van der Waals surface area contributed by atoms with Gasteiger partial charge in [0.15, 0.2) is 0 Å². The molecule has 0 atom stereocenters. The highest BCUT2D eigenvalue weighted by Crippen LogP contribution is 2.32. The van der Waals surface area contributed by atoms with Gasteiger partial charge in [0.25, 0.3) is 0 Å². The first-order chi connectivity index (χ1) is 13.4. The van der Waals surface area contributed by atoms with E-state index in [1.807, 2.05) is 42.8 Å². The van der Waals surface area contributed by atoms with Crippen LogP contribution in [0.3, 0.4) is 0 Å². The van der Waals surface area contributed by atoms with Crippen molar-refractivity contribution in [2.24, 2.45) is 0 Å². The maximum Gasteiger partial charge on any atom is 0.347 e. The van der Waals surface area contributed by atoms with Crippen LogP contribution in [0.15, 0.2) is 28.9 Å². The normalized spacial score (nSPS) is 11.1. The molecule has 0 saturated carbocycles. The Morgan fingerprint density at radius 2 is 2.11 bits per heavy atom. The predicted molar refractivity (Wildman–Crippen MR) is 105 cm³/mol. The summed E-state index contributed by atoms with van der Waals surface area (Å²) in [5.41, 5.74) is 4.56. The first-order valence-electron chi connectivity index (χ1n) is 8.55. The molecule has 0 radical (unpaired) electrons. The monoisotopic (exact) mass is 392 g/mol. The molecule has 0 amide bonds. The quantitative estimate of drug-likeness (QED) is 0.555. The molecule has 28 heavy (non-hydrogen) atoms. The van der Waals surface area contributed by atoms with Crippen LogP contribution in [0.2, 0.25) is 0 Å². The Bertz CT molecular complexity index is 1250. The fourth-order valence-corrected chi connectivity index (χ4v) is 4.17. The number of aromatic nitrogens is 3. The van der Waals surface area contributed by atoms with E-state index in [4.69, 9.17) is 4.52 Å². The predicted octanol–water partition coefficient (Wildman–Crippen LogP) is 4.30. The summed E-state index contributed by atoms with van der Waals surface area (Å²) in [5.74, 6) is -0.223. The average Bonchev–Trinajstić information content (AvgIpc) is 3.32. The minimum absolute atomic E-state index is 0.228. The maximum atomic E-state index is 11.3. The topological polar surface area (TPSA) is 105 Å². The second-order valence-corrected chi connectivity index (χ2v) is 7.55. The third-order valence-corrected chi connectivity index (χ3v) is 5.94. The number of carboxylic acid groups (broad SMARTS) is 1. The number of nitriles is 1. The van der Waals surface area contributed by atoms with Crippen LogP contribution in [0.1, 0.15) is 37.9 Å². The van der Waals surface area contributed by atoms with Crippen molar-refractivity contribution in [3.05, 3.63) is 57.5 Å². The third-order valence-electron chi connectivity index (χ3n) is 4.75. The number of fused-ring (bicyclic) bond motifs is 1. The second-order valence-electron chi connectivity index (χ2n) is 6.56. The van der Waals surface area contributed by atoms with Crippen LogP contribution in [0.25, 0.3) is 21.5 Å². The maximum absolute atomic E-state index is 11.3. The van der Waals surface area contributed by atoms with Gasteiger partial charge in [0.2, 0.25) is 0 Å². The number of hydrogen-bond acceptors (Lipinski definition) is 6. The van der Waals surface area contributed by atoms with E-state index in [-0.39, 0.29) is 4.88 Å². The molecule has 0 aliphatic carbocycles. The number of benzene rings is 1. The zero-order valence-corrected chi connectivity index (χ0v) is 16.3. The molecule has 0 saturated heterocycles. The van der Waals surface area contributed by atoms with Gasteiger partial charge in [0, 0.05) is 28.2 Å². The van der Waals surface area contributed by atoms with Crippen molar-refractivity contribution in [1.29, 1.82) is 5.26 Å². The highest BCUT2D eigenvalue weighted by atomic mass is 32.1. The fourth-order valence-electron chi connectivity index (χ4n) is 3.27. The molecule has 1 aromatic carbocycles. The Kier molecular flexibility index (Phi) is 4.24. The summed E-state index contributed by atoms with van der Waals surface area (Å²) in [5, 5.41) is 24.3. The minimum Gasteiger partial charge on any atom is -0.477 e. The number of nitrogens with zero attached hydrogens (tertiary/aromatic N) is 4. The summed E-state index contributed by atoms with van der Waals surface area (Å²) < 4.78 is 7.24. The molecule has 4 rings (SSSR count). The highest BCUT2D eigenvalue weighted by molar-refractivity contribution is 7.17. The summed E-state index contributed by atoms with van der Waals surface area (Å²) in [4.78, 5) is 15.9. The van der Waals surface area contributed by atoms with Gasteiger partial charge >= 0.3 is 5.97 Å². The zero-order chi connectivity index (χ0) is 20.0. The largest absolute Gasteiger partial charge is 0.477 e. The first kappa shape index (κ1) is 17.9. The molecule has 0 unspecified atom stereocenters. The van der Waals surface area contributed by atoms with Gasteiger partial charge in [-0.05, 0) is 39.0 Å². The van der Waals surface area contributed by atoms with Gasteiger partial charge in [-0.15, -0.1) is 11.3 Å². The summed E-state index contributed by atoms with van der Waals surface area (Å²) in [6.45, 7) is 6.00. The lowest BCUT2D eigenvalue weighted by molar-refractivity contribution is 0.0701. The van der Waals surface area contributed by atoms with Gasteiger partial charge in [0.05, 0.1) is 23.5 Å². The molecular weight excluding hydrogens is 376 g/mol. The number of carbonyl (C=O) groups is 1. The average molecular weight is 392 g/mol. The summed E-state index contributed by atoms with van der Waals surface area (Å²) in [6, 6.07) is 7.96. The van der Waals surface area contributed by atoms with Crippen LogP contribution in [0.5, 0.6) is 0 Å². The first-order valence-corrected chi connectivity index (χ1v) is 9.36. The molecule has 0 spiro atoms. The summed E-state index contributed by atoms with van der Waals surface area (Å²) >= 11 is 1.14. The van der Waals surface area contributed by atoms with Gasteiger partial charge in [-0.3, -0.25) is 0 Å². The van der Waals surface area contributed by atoms with E-state index in [1.54, 1.807) is 6.92 Å². The van der Waals surface area contributed by atoms with Gasteiger partial charge in [-0.2, -0.15) is 5.26 Å². The third kappa shape index (κ3) is 2.86. The van der Waals surface area contributed by atoms with Crippen molar-refractivity contribution in [3.8, 4) is 16.6 Å². The lowest BCUT2D eigenvalue weighted by Gasteiger charge is -2.05. The standard InChI is InChI=1S/C20H16N4O3S/c1-10-16(12(3)27-23-10)9-24-8-14(7-21)15-6-13(4-5-17(15)24)19-22-11(2)18(28-19)20(25)26/h4-6,8H,9H2,1-3H3,(H,25,26). The van der Waals surface area contributed by atoms with E-state index >= 15 is 0 Å².